The van der Waals surface area contributed by atoms with Crippen LogP contribution in [0.15, 0.2) is 29.1 Å². The Morgan fingerprint density at radius 2 is 1.76 bits per heavy atom. The van der Waals surface area contributed by atoms with Crippen LogP contribution in [-0.4, -0.2) is 9.97 Å². The Kier molecular flexibility index (Phi) is 4.58. The van der Waals surface area contributed by atoms with Gasteiger partial charge in [0.05, 0.1) is 5.56 Å². The maximum absolute atomic E-state index is 12.2. The number of aryl methyl sites for hydroxylation is 3. The van der Waals surface area contributed by atoms with Crippen LogP contribution < -0.4 is 10.9 Å². The second-order valence-electron chi connectivity index (χ2n) is 5.62. The summed E-state index contributed by atoms with van der Waals surface area (Å²) < 4.78 is 0. The zero-order valence-electron chi connectivity index (χ0n) is 13.3. The van der Waals surface area contributed by atoms with Crippen LogP contribution in [0, 0.1) is 20.8 Å². The van der Waals surface area contributed by atoms with Crippen molar-refractivity contribution in [1.82, 2.24) is 15.3 Å². The van der Waals surface area contributed by atoms with Crippen molar-refractivity contribution >= 4 is 0 Å². The monoisotopic (exact) mass is 285 g/mol. The molecule has 0 aliphatic carbocycles. The number of aromatic amines is 1. The largest absolute Gasteiger partial charge is 0.310 e. The van der Waals surface area contributed by atoms with Crippen LogP contribution in [-0.2, 0) is 0 Å². The van der Waals surface area contributed by atoms with E-state index in [1.807, 2.05) is 26.0 Å². The molecule has 0 radical (unpaired) electrons. The normalized spacial score (nSPS) is 14.0. The number of nitrogens with one attached hydrogen (secondary N) is 2. The molecule has 21 heavy (non-hydrogen) atoms. The third kappa shape index (κ3) is 3.39. The summed E-state index contributed by atoms with van der Waals surface area (Å²) in [7, 11) is 0. The number of hydrogen-bond acceptors (Lipinski definition) is 3. The lowest BCUT2D eigenvalue weighted by Gasteiger charge is -2.22. The van der Waals surface area contributed by atoms with E-state index in [1.54, 1.807) is 6.92 Å². The van der Waals surface area contributed by atoms with Gasteiger partial charge in [0.1, 0.15) is 5.82 Å². The quantitative estimate of drug-likeness (QED) is 0.907. The van der Waals surface area contributed by atoms with Crippen LogP contribution in [0.25, 0.3) is 0 Å². The smallest absolute Gasteiger partial charge is 0.255 e. The minimum atomic E-state index is -0.0588. The number of aromatic nitrogens is 2. The molecule has 0 bridgehead atoms. The van der Waals surface area contributed by atoms with E-state index >= 15 is 0 Å². The SMILES string of the molecule is Cc1nc(C)c(C(C)N[C@H](C)c2ccccc2C)c(=O)[nH]1. The predicted octanol–water partition coefficient (Wildman–Crippen LogP) is 3.11. The number of benzene rings is 1. The minimum absolute atomic E-state index is 0.0583. The average Bonchev–Trinajstić information content (AvgIpc) is 2.37. The molecule has 2 N–H and O–H groups in total. The minimum Gasteiger partial charge on any atom is -0.310 e. The highest BCUT2D eigenvalue weighted by Crippen LogP contribution is 2.21. The molecule has 0 saturated carbocycles. The molecule has 2 rings (SSSR count). The molecule has 0 saturated heterocycles. The van der Waals surface area contributed by atoms with Crippen molar-refractivity contribution in [3.8, 4) is 0 Å². The zero-order valence-corrected chi connectivity index (χ0v) is 13.3. The Hall–Kier alpha value is -1.94. The van der Waals surface area contributed by atoms with Gasteiger partial charge in [0, 0.05) is 17.8 Å². The molecule has 2 atom stereocenters. The summed E-state index contributed by atoms with van der Waals surface area (Å²) >= 11 is 0. The molecule has 0 fully saturated rings. The molecular weight excluding hydrogens is 262 g/mol. The van der Waals surface area contributed by atoms with Crippen molar-refractivity contribution in [3.63, 3.8) is 0 Å². The van der Waals surface area contributed by atoms with Crippen LogP contribution in [0.5, 0.6) is 0 Å². The highest BCUT2D eigenvalue weighted by Gasteiger charge is 2.17. The Balaban J connectivity index is 2.25. The van der Waals surface area contributed by atoms with Gasteiger partial charge >= 0.3 is 0 Å². The van der Waals surface area contributed by atoms with Crippen molar-refractivity contribution in [2.24, 2.45) is 0 Å². The first-order chi connectivity index (χ1) is 9.90. The van der Waals surface area contributed by atoms with Gasteiger partial charge < -0.3 is 10.3 Å². The molecule has 112 valence electrons. The molecule has 4 heteroatoms. The lowest BCUT2D eigenvalue weighted by atomic mass is 10.0. The first-order valence-corrected chi connectivity index (χ1v) is 7.29. The maximum Gasteiger partial charge on any atom is 0.255 e. The van der Waals surface area contributed by atoms with Crippen molar-refractivity contribution in [3.05, 3.63) is 62.8 Å². The second kappa shape index (κ2) is 6.22. The van der Waals surface area contributed by atoms with E-state index in [-0.39, 0.29) is 17.6 Å². The Bertz CT molecular complexity index is 691. The standard InChI is InChI=1S/C17H23N3O/c1-10-8-6-7-9-15(10)11(2)18-12(3)16-13(4)19-14(5)20-17(16)21/h6-9,11-12,18H,1-5H3,(H,19,20,21)/t11-,12?/m1/s1. The van der Waals surface area contributed by atoms with Gasteiger partial charge in [-0.3, -0.25) is 4.79 Å². The van der Waals surface area contributed by atoms with Crippen LogP contribution in [0.3, 0.4) is 0 Å². The van der Waals surface area contributed by atoms with E-state index in [0.29, 0.717) is 11.4 Å². The summed E-state index contributed by atoms with van der Waals surface area (Å²) in [4.78, 5) is 19.3. The molecular formula is C17H23N3O. The van der Waals surface area contributed by atoms with Crippen molar-refractivity contribution < 1.29 is 0 Å². The second-order valence-corrected chi connectivity index (χ2v) is 5.62. The molecule has 1 aromatic carbocycles. The first-order valence-electron chi connectivity index (χ1n) is 7.29. The topological polar surface area (TPSA) is 57.8 Å². The zero-order chi connectivity index (χ0) is 15.6. The summed E-state index contributed by atoms with van der Waals surface area (Å²) in [6, 6.07) is 8.40. The highest BCUT2D eigenvalue weighted by atomic mass is 16.1. The van der Waals surface area contributed by atoms with Gasteiger partial charge in [-0.25, -0.2) is 4.98 Å². The lowest BCUT2D eigenvalue weighted by molar-refractivity contribution is 0.486. The maximum atomic E-state index is 12.2. The number of H-pyrrole nitrogens is 1. The van der Waals surface area contributed by atoms with Crippen molar-refractivity contribution in [2.45, 2.75) is 46.7 Å². The van der Waals surface area contributed by atoms with E-state index in [1.165, 1.54) is 11.1 Å². The Morgan fingerprint density at radius 1 is 1.10 bits per heavy atom. The van der Waals surface area contributed by atoms with E-state index in [4.69, 9.17) is 0 Å². The molecule has 1 heterocycles. The molecule has 0 spiro atoms. The van der Waals surface area contributed by atoms with E-state index in [2.05, 4.69) is 41.3 Å². The van der Waals surface area contributed by atoms with Crippen LogP contribution in [0.4, 0.5) is 0 Å². The van der Waals surface area contributed by atoms with E-state index in [0.717, 1.165) is 5.69 Å². The fraction of sp³-hybridized carbons (Fsp3) is 0.412. The van der Waals surface area contributed by atoms with Crippen LogP contribution >= 0.6 is 0 Å². The number of nitrogens with zero attached hydrogens (tertiary/aromatic N) is 1. The summed E-state index contributed by atoms with van der Waals surface area (Å²) in [6.45, 7) is 9.90. The summed E-state index contributed by atoms with van der Waals surface area (Å²) in [5, 5.41) is 3.49. The molecule has 1 unspecified atom stereocenters. The molecule has 0 aliphatic rings. The van der Waals surface area contributed by atoms with E-state index in [9.17, 15) is 4.79 Å². The summed E-state index contributed by atoms with van der Waals surface area (Å²) in [6.07, 6.45) is 0. The fourth-order valence-corrected chi connectivity index (χ4v) is 2.87. The predicted molar refractivity (Wildman–Crippen MR) is 85.5 cm³/mol. The molecule has 4 nitrogen and oxygen atoms in total. The molecule has 1 aromatic heterocycles. The van der Waals surface area contributed by atoms with Gasteiger partial charge in [-0.2, -0.15) is 0 Å². The van der Waals surface area contributed by atoms with Crippen LogP contribution in [0.2, 0.25) is 0 Å². The molecule has 2 aromatic rings. The average molecular weight is 285 g/mol. The lowest BCUT2D eigenvalue weighted by Crippen LogP contribution is -2.30. The third-order valence-electron chi connectivity index (χ3n) is 3.85. The number of hydrogen-bond donors (Lipinski definition) is 2. The Morgan fingerprint density at radius 3 is 2.38 bits per heavy atom. The van der Waals surface area contributed by atoms with Gasteiger partial charge in [-0.05, 0) is 45.7 Å². The summed E-state index contributed by atoms with van der Waals surface area (Å²) in [5.74, 6) is 0.653. The first kappa shape index (κ1) is 15.4. The fourth-order valence-electron chi connectivity index (χ4n) is 2.87. The van der Waals surface area contributed by atoms with Gasteiger partial charge in [0.2, 0.25) is 0 Å². The molecule has 0 aliphatic heterocycles. The van der Waals surface area contributed by atoms with Gasteiger partial charge in [0.25, 0.3) is 5.56 Å². The third-order valence-corrected chi connectivity index (χ3v) is 3.85. The van der Waals surface area contributed by atoms with E-state index < -0.39 is 0 Å². The summed E-state index contributed by atoms with van der Waals surface area (Å²) in [5.41, 5.74) is 3.93. The molecule has 0 amide bonds. The van der Waals surface area contributed by atoms with Gasteiger partial charge in [0.15, 0.2) is 0 Å². The van der Waals surface area contributed by atoms with Gasteiger partial charge in [-0.1, -0.05) is 24.3 Å². The van der Waals surface area contributed by atoms with Crippen molar-refractivity contribution in [2.75, 3.05) is 0 Å². The van der Waals surface area contributed by atoms with Gasteiger partial charge in [-0.15, -0.1) is 0 Å². The highest BCUT2D eigenvalue weighted by molar-refractivity contribution is 5.29. The van der Waals surface area contributed by atoms with Crippen molar-refractivity contribution in [1.29, 1.82) is 0 Å². The van der Waals surface area contributed by atoms with Crippen LogP contribution in [0.1, 0.15) is 54.1 Å². The number of rotatable bonds is 4. The Labute approximate surface area is 125 Å².